The van der Waals surface area contributed by atoms with Gasteiger partial charge in [0.2, 0.25) is 0 Å². The smallest absolute Gasteiger partial charge is 0.0574 e. The van der Waals surface area contributed by atoms with Crippen LogP contribution in [0.3, 0.4) is 0 Å². The summed E-state index contributed by atoms with van der Waals surface area (Å²) in [6, 6.07) is 8.36. The second-order valence-electron chi connectivity index (χ2n) is 5.71. The average Bonchev–Trinajstić information content (AvgIpc) is 2.37. The van der Waals surface area contributed by atoms with Gasteiger partial charge in [-0.05, 0) is 56.1 Å². The molecule has 3 unspecified atom stereocenters. The second-order valence-corrected chi connectivity index (χ2v) is 5.71. The molecule has 1 aliphatic rings. The van der Waals surface area contributed by atoms with Gasteiger partial charge in [0.15, 0.2) is 0 Å². The summed E-state index contributed by atoms with van der Waals surface area (Å²) in [5.74, 6) is 1.77. The Morgan fingerprint density at radius 1 is 0.944 bits per heavy atom. The summed E-state index contributed by atoms with van der Waals surface area (Å²) in [7, 11) is 1.83. The van der Waals surface area contributed by atoms with Crippen molar-refractivity contribution in [2.45, 2.75) is 53.1 Å². The lowest BCUT2D eigenvalue weighted by Crippen LogP contribution is -2.25. The standard InChI is InChI=1S/C9H18O.C8H10/c1-7-4-5-9(10-3)6-8(7)2;1-7-5-3-4-6-8(7)2/h7-9H,4-6H2,1-3H3;3-6H,1-2H3. The molecule has 0 amide bonds. The Labute approximate surface area is 113 Å². The Morgan fingerprint density at radius 2 is 1.50 bits per heavy atom. The third-order valence-corrected chi connectivity index (χ3v) is 4.31. The van der Waals surface area contributed by atoms with Crippen molar-refractivity contribution in [1.29, 1.82) is 0 Å². The van der Waals surface area contributed by atoms with Gasteiger partial charge in [-0.2, -0.15) is 0 Å². The van der Waals surface area contributed by atoms with Crippen LogP contribution < -0.4 is 0 Å². The summed E-state index contributed by atoms with van der Waals surface area (Å²) in [5, 5.41) is 0. The van der Waals surface area contributed by atoms with Crippen molar-refractivity contribution in [2.24, 2.45) is 11.8 Å². The van der Waals surface area contributed by atoms with Gasteiger partial charge in [0.1, 0.15) is 0 Å². The van der Waals surface area contributed by atoms with Crippen molar-refractivity contribution >= 4 is 0 Å². The molecule has 1 aromatic rings. The summed E-state index contributed by atoms with van der Waals surface area (Å²) in [5.41, 5.74) is 2.74. The van der Waals surface area contributed by atoms with Gasteiger partial charge in [-0.25, -0.2) is 0 Å². The Hall–Kier alpha value is -0.820. The summed E-state index contributed by atoms with van der Waals surface area (Å²) < 4.78 is 5.31. The molecular weight excluding hydrogens is 220 g/mol. The number of methoxy groups -OCH3 is 1. The van der Waals surface area contributed by atoms with E-state index in [4.69, 9.17) is 4.74 Å². The van der Waals surface area contributed by atoms with Crippen molar-refractivity contribution < 1.29 is 4.74 Å². The van der Waals surface area contributed by atoms with Gasteiger partial charge in [-0.3, -0.25) is 0 Å². The zero-order valence-electron chi connectivity index (χ0n) is 12.6. The van der Waals surface area contributed by atoms with E-state index in [9.17, 15) is 0 Å². The van der Waals surface area contributed by atoms with E-state index in [-0.39, 0.29) is 0 Å². The van der Waals surface area contributed by atoms with E-state index in [1.54, 1.807) is 0 Å². The predicted octanol–water partition coefficient (Wildman–Crippen LogP) is 4.76. The van der Waals surface area contributed by atoms with Crippen molar-refractivity contribution in [2.75, 3.05) is 7.11 Å². The lowest BCUT2D eigenvalue weighted by Gasteiger charge is -2.30. The van der Waals surface area contributed by atoms with E-state index in [1.165, 1.54) is 30.4 Å². The molecule has 0 radical (unpaired) electrons. The minimum atomic E-state index is 0.547. The molecule has 0 N–H and O–H groups in total. The molecule has 0 aromatic heterocycles. The first-order valence-corrected chi connectivity index (χ1v) is 7.09. The highest BCUT2D eigenvalue weighted by Gasteiger charge is 2.23. The van der Waals surface area contributed by atoms with Gasteiger partial charge in [0.05, 0.1) is 6.10 Å². The number of aryl methyl sites for hydroxylation is 2. The molecule has 0 saturated heterocycles. The first-order valence-electron chi connectivity index (χ1n) is 7.09. The largest absolute Gasteiger partial charge is 0.381 e. The van der Waals surface area contributed by atoms with Gasteiger partial charge >= 0.3 is 0 Å². The van der Waals surface area contributed by atoms with Crippen LogP contribution in [0.1, 0.15) is 44.2 Å². The SMILES string of the molecule is COC1CCC(C)C(C)C1.Cc1ccccc1C. The van der Waals surface area contributed by atoms with E-state index < -0.39 is 0 Å². The molecule has 0 bridgehead atoms. The maximum atomic E-state index is 5.31. The molecule has 2 rings (SSSR count). The Morgan fingerprint density at radius 3 is 1.89 bits per heavy atom. The molecule has 1 aliphatic carbocycles. The predicted molar refractivity (Wildman–Crippen MR) is 78.9 cm³/mol. The van der Waals surface area contributed by atoms with Gasteiger partial charge in [0, 0.05) is 7.11 Å². The van der Waals surface area contributed by atoms with Crippen LogP contribution in [0.2, 0.25) is 0 Å². The average molecular weight is 248 g/mol. The van der Waals surface area contributed by atoms with Crippen molar-refractivity contribution in [3.8, 4) is 0 Å². The third kappa shape index (κ3) is 4.81. The second kappa shape index (κ2) is 7.58. The fourth-order valence-corrected chi connectivity index (χ4v) is 2.37. The summed E-state index contributed by atoms with van der Waals surface area (Å²) in [6.07, 6.45) is 4.42. The summed E-state index contributed by atoms with van der Waals surface area (Å²) in [6.45, 7) is 8.91. The lowest BCUT2D eigenvalue weighted by molar-refractivity contribution is 0.0368. The number of rotatable bonds is 1. The fourth-order valence-electron chi connectivity index (χ4n) is 2.37. The normalized spacial score (nSPS) is 27.3. The van der Waals surface area contributed by atoms with E-state index in [0.717, 1.165) is 11.8 Å². The van der Waals surface area contributed by atoms with Crippen LogP contribution in [-0.4, -0.2) is 13.2 Å². The van der Waals surface area contributed by atoms with Crippen LogP contribution in [0, 0.1) is 25.7 Å². The molecule has 1 aromatic carbocycles. The zero-order chi connectivity index (χ0) is 13.5. The molecular formula is C17H28O. The van der Waals surface area contributed by atoms with E-state index in [2.05, 4.69) is 52.0 Å². The lowest BCUT2D eigenvalue weighted by atomic mass is 9.80. The quantitative estimate of drug-likeness (QED) is 0.696. The Bertz CT molecular complexity index is 324. The molecule has 1 heteroatoms. The molecule has 3 atom stereocenters. The van der Waals surface area contributed by atoms with Crippen LogP contribution in [0.25, 0.3) is 0 Å². The first kappa shape index (κ1) is 15.2. The third-order valence-electron chi connectivity index (χ3n) is 4.31. The van der Waals surface area contributed by atoms with Crippen LogP contribution >= 0.6 is 0 Å². The molecule has 0 heterocycles. The maximum Gasteiger partial charge on any atom is 0.0574 e. The van der Waals surface area contributed by atoms with Gasteiger partial charge in [0.25, 0.3) is 0 Å². The first-order chi connectivity index (χ1) is 8.54. The van der Waals surface area contributed by atoms with Crippen LogP contribution in [0.4, 0.5) is 0 Å². The minimum Gasteiger partial charge on any atom is -0.381 e. The van der Waals surface area contributed by atoms with E-state index in [0.29, 0.717) is 6.10 Å². The fraction of sp³-hybridized carbons (Fsp3) is 0.647. The topological polar surface area (TPSA) is 9.23 Å². The van der Waals surface area contributed by atoms with Gasteiger partial charge in [-0.15, -0.1) is 0 Å². The Balaban J connectivity index is 0.000000184. The number of benzene rings is 1. The zero-order valence-corrected chi connectivity index (χ0v) is 12.6. The van der Waals surface area contributed by atoms with Crippen molar-refractivity contribution in [3.05, 3.63) is 35.4 Å². The maximum absolute atomic E-state index is 5.31. The number of hydrogen-bond donors (Lipinski definition) is 0. The summed E-state index contributed by atoms with van der Waals surface area (Å²) >= 11 is 0. The molecule has 1 saturated carbocycles. The van der Waals surface area contributed by atoms with E-state index in [1.807, 2.05) is 7.11 Å². The number of hydrogen-bond acceptors (Lipinski definition) is 1. The number of ether oxygens (including phenoxy) is 1. The minimum absolute atomic E-state index is 0.547. The Kier molecular flexibility index (Phi) is 6.42. The molecule has 0 spiro atoms. The van der Waals surface area contributed by atoms with Crippen LogP contribution in [-0.2, 0) is 4.74 Å². The van der Waals surface area contributed by atoms with Gasteiger partial charge in [-0.1, -0.05) is 38.1 Å². The molecule has 18 heavy (non-hydrogen) atoms. The van der Waals surface area contributed by atoms with Crippen molar-refractivity contribution in [1.82, 2.24) is 0 Å². The molecule has 1 nitrogen and oxygen atoms in total. The molecule has 102 valence electrons. The monoisotopic (exact) mass is 248 g/mol. The molecule has 0 aliphatic heterocycles. The van der Waals surface area contributed by atoms with Gasteiger partial charge < -0.3 is 4.74 Å². The highest BCUT2D eigenvalue weighted by molar-refractivity contribution is 5.23. The highest BCUT2D eigenvalue weighted by Crippen LogP contribution is 2.30. The van der Waals surface area contributed by atoms with Crippen LogP contribution in [0.5, 0.6) is 0 Å². The van der Waals surface area contributed by atoms with Crippen molar-refractivity contribution in [3.63, 3.8) is 0 Å². The summed E-state index contributed by atoms with van der Waals surface area (Å²) in [4.78, 5) is 0. The van der Waals surface area contributed by atoms with E-state index >= 15 is 0 Å². The van der Waals surface area contributed by atoms with Crippen LogP contribution in [0.15, 0.2) is 24.3 Å². The highest BCUT2D eigenvalue weighted by atomic mass is 16.5. The molecule has 1 fully saturated rings.